The maximum absolute atomic E-state index is 10.9. The first-order valence-electron chi connectivity index (χ1n) is 6.08. The fourth-order valence-electron chi connectivity index (χ4n) is 1.90. The lowest BCUT2D eigenvalue weighted by Gasteiger charge is -2.04. The van der Waals surface area contributed by atoms with Gasteiger partial charge in [0.2, 0.25) is 0 Å². The van der Waals surface area contributed by atoms with Gasteiger partial charge in [0.25, 0.3) is 5.69 Å². The summed E-state index contributed by atoms with van der Waals surface area (Å²) >= 11 is 0. The molecular formula is C13H16N4O2. The number of hydrogen-bond donors (Lipinski definition) is 1. The third-order valence-electron chi connectivity index (χ3n) is 2.83. The Balaban J connectivity index is 1.84. The lowest BCUT2D eigenvalue weighted by molar-refractivity contribution is -0.385. The number of para-hydroxylation sites is 1. The number of aromatic nitrogens is 2. The molecule has 19 heavy (non-hydrogen) atoms. The first-order chi connectivity index (χ1) is 9.16. The Morgan fingerprint density at radius 2 is 2.16 bits per heavy atom. The smallest absolute Gasteiger partial charge is 0.272 e. The van der Waals surface area contributed by atoms with Gasteiger partial charge in [-0.2, -0.15) is 5.10 Å². The Labute approximate surface area is 111 Å². The van der Waals surface area contributed by atoms with Gasteiger partial charge in [-0.1, -0.05) is 18.2 Å². The summed E-state index contributed by atoms with van der Waals surface area (Å²) < 4.78 is 1.75. The predicted octanol–water partition coefficient (Wildman–Crippen LogP) is 1.66. The summed E-state index contributed by atoms with van der Waals surface area (Å²) in [4.78, 5) is 10.5. The molecule has 6 heteroatoms. The normalized spacial score (nSPS) is 10.6. The molecule has 100 valence electrons. The van der Waals surface area contributed by atoms with Gasteiger partial charge in [0.05, 0.1) is 10.6 Å². The van der Waals surface area contributed by atoms with Crippen LogP contribution in [0.2, 0.25) is 0 Å². The summed E-state index contributed by atoms with van der Waals surface area (Å²) in [7, 11) is 1.87. The van der Waals surface area contributed by atoms with Crippen LogP contribution < -0.4 is 5.32 Å². The maximum Gasteiger partial charge on any atom is 0.272 e. The van der Waals surface area contributed by atoms with Crippen LogP contribution >= 0.6 is 0 Å². The van der Waals surface area contributed by atoms with Crippen LogP contribution in [-0.2, 0) is 20.0 Å². The Morgan fingerprint density at radius 3 is 2.84 bits per heavy atom. The second kappa shape index (κ2) is 6.10. The molecule has 2 aromatic rings. The molecule has 6 nitrogen and oxygen atoms in total. The van der Waals surface area contributed by atoms with E-state index < -0.39 is 0 Å². The van der Waals surface area contributed by atoms with Gasteiger partial charge < -0.3 is 5.32 Å². The lowest BCUT2D eigenvalue weighted by atomic mass is 10.1. The number of rotatable bonds is 6. The topological polar surface area (TPSA) is 73.0 Å². The molecule has 0 radical (unpaired) electrons. The highest BCUT2D eigenvalue weighted by molar-refractivity contribution is 5.39. The van der Waals surface area contributed by atoms with Crippen LogP contribution in [0.3, 0.4) is 0 Å². The molecule has 0 spiro atoms. The summed E-state index contributed by atoms with van der Waals surface area (Å²) in [5.74, 6) is 0. The summed E-state index contributed by atoms with van der Waals surface area (Å²) in [6.07, 6.45) is 2.52. The minimum atomic E-state index is -0.339. The minimum Gasteiger partial charge on any atom is -0.311 e. The maximum atomic E-state index is 10.9. The molecule has 1 aromatic carbocycles. The highest BCUT2D eigenvalue weighted by Gasteiger charge is 2.11. The quantitative estimate of drug-likeness (QED) is 0.487. The van der Waals surface area contributed by atoms with E-state index in [9.17, 15) is 10.1 Å². The summed E-state index contributed by atoms with van der Waals surface area (Å²) in [5, 5.41) is 18.3. The molecule has 0 bridgehead atoms. The van der Waals surface area contributed by atoms with Crippen molar-refractivity contribution in [2.24, 2.45) is 7.05 Å². The van der Waals surface area contributed by atoms with Crippen molar-refractivity contribution in [3.05, 3.63) is 57.9 Å². The van der Waals surface area contributed by atoms with Gasteiger partial charge in [-0.3, -0.25) is 14.8 Å². The van der Waals surface area contributed by atoms with Gasteiger partial charge >= 0.3 is 0 Å². The highest BCUT2D eigenvalue weighted by atomic mass is 16.6. The molecule has 0 atom stereocenters. The second-order valence-electron chi connectivity index (χ2n) is 4.29. The molecule has 2 rings (SSSR count). The van der Waals surface area contributed by atoms with Crippen LogP contribution in [0.1, 0.15) is 11.3 Å². The molecule has 0 unspecified atom stereocenters. The van der Waals surface area contributed by atoms with E-state index >= 15 is 0 Å². The predicted molar refractivity (Wildman–Crippen MR) is 71.7 cm³/mol. The van der Waals surface area contributed by atoms with Gasteiger partial charge in [0, 0.05) is 31.4 Å². The van der Waals surface area contributed by atoms with Crippen molar-refractivity contribution in [3.63, 3.8) is 0 Å². The average Bonchev–Trinajstić information content (AvgIpc) is 2.81. The number of nitro benzene ring substituents is 1. The molecule has 0 aliphatic carbocycles. The van der Waals surface area contributed by atoms with Gasteiger partial charge in [-0.05, 0) is 19.0 Å². The van der Waals surface area contributed by atoms with Gasteiger partial charge in [0.15, 0.2) is 0 Å². The van der Waals surface area contributed by atoms with Crippen molar-refractivity contribution < 1.29 is 4.92 Å². The van der Waals surface area contributed by atoms with E-state index in [2.05, 4.69) is 10.4 Å². The summed E-state index contributed by atoms with van der Waals surface area (Å²) in [6, 6.07) is 8.77. The van der Waals surface area contributed by atoms with Crippen LogP contribution in [0.5, 0.6) is 0 Å². The van der Waals surface area contributed by atoms with Gasteiger partial charge in [-0.25, -0.2) is 0 Å². The molecule has 1 N–H and O–H groups in total. The number of benzene rings is 1. The Bertz CT molecular complexity index is 565. The fourth-order valence-corrected chi connectivity index (χ4v) is 1.90. The van der Waals surface area contributed by atoms with E-state index in [4.69, 9.17) is 0 Å². The second-order valence-corrected chi connectivity index (χ2v) is 4.29. The Morgan fingerprint density at radius 1 is 1.37 bits per heavy atom. The van der Waals surface area contributed by atoms with Crippen molar-refractivity contribution in [1.82, 2.24) is 15.1 Å². The number of nitrogens with one attached hydrogen (secondary N) is 1. The van der Waals surface area contributed by atoms with E-state index in [0.29, 0.717) is 19.5 Å². The van der Waals surface area contributed by atoms with Crippen molar-refractivity contribution in [1.29, 1.82) is 0 Å². The molecule has 0 aliphatic heterocycles. The van der Waals surface area contributed by atoms with E-state index in [0.717, 1.165) is 11.3 Å². The van der Waals surface area contributed by atoms with Crippen molar-refractivity contribution in [3.8, 4) is 0 Å². The third-order valence-corrected chi connectivity index (χ3v) is 2.83. The molecule has 0 fully saturated rings. The van der Waals surface area contributed by atoms with Gasteiger partial charge in [-0.15, -0.1) is 0 Å². The first-order valence-corrected chi connectivity index (χ1v) is 6.08. The van der Waals surface area contributed by atoms with Crippen molar-refractivity contribution >= 4 is 5.69 Å². The molecule has 0 amide bonds. The van der Waals surface area contributed by atoms with Crippen LogP contribution in [0.25, 0.3) is 0 Å². The summed E-state index contributed by atoms with van der Waals surface area (Å²) in [5.41, 5.74) is 1.90. The Hall–Kier alpha value is -2.21. The van der Waals surface area contributed by atoms with Crippen LogP contribution in [0, 0.1) is 10.1 Å². The minimum absolute atomic E-state index is 0.183. The number of nitro groups is 1. The highest BCUT2D eigenvalue weighted by Crippen LogP contribution is 2.17. The van der Waals surface area contributed by atoms with E-state index in [1.165, 1.54) is 6.07 Å². The zero-order chi connectivity index (χ0) is 13.7. The summed E-state index contributed by atoms with van der Waals surface area (Å²) in [6.45, 7) is 1.35. The molecule has 0 aliphatic rings. The Kier molecular flexibility index (Phi) is 4.25. The van der Waals surface area contributed by atoms with Crippen LogP contribution in [-0.4, -0.2) is 21.2 Å². The molecule has 0 saturated carbocycles. The number of nitrogens with zero attached hydrogens (tertiary/aromatic N) is 3. The largest absolute Gasteiger partial charge is 0.311 e. The molecule has 1 heterocycles. The zero-order valence-electron chi connectivity index (χ0n) is 10.7. The van der Waals surface area contributed by atoms with E-state index in [1.54, 1.807) is 16.8 Å². The average molecular weight is 260 g/mol. The first kappa shape index (κ1) is 13.2. The van der Waals surface area contributed by atoms with E-state index in [1.807, 2.05) is 25.4 Å². The van der Waals surface area contributed by atoms with Crippen molar-refractivity contribution in [2.75, 3.05) is 6.54 Å². The SMILES string of the molecule is Cn1ccc(CNCCc2ccccc2[N+](=O)[O-])n1. The molecule has 1 aromatic heterocycles. The van der Waals surface area contributed by atoms with E-state index in [-0.39, 0.29) is 10.6 Å². The van der Waals surface area contributed by atoms with Gasteiger partial charge in [0.1, 0.15) is 0 Å². The monoisotopic (exact) mass is 260 g/mol. The fraction of sp³-hybridized carbons (Fsp3) is 0.308. The lowest BCUT2D eigenvalue weighted by Crippen LogP contribution is -2.17. The number of aryl methyl sites for hydroxylation is 1. The van der Waals surface area contributed by atoms with Crippen LogP contribution in [0.4, 0.5) is 5.69 Å². The zero-order valence-corrected chi connectivity index (χ0v) is 10.7. The molecular weight excluding hydrogens is 244 g/mol. The molecule has 0 saturated heterocycles. The standard InChI is InChI=1S/C13H16N4O2/c1-16-9-7-12(15-16)10-14-8-6-11-4-2-3-5-13(11)17(18)19/h2-5,7,9,14H,6,8,10H2,1H3. The van der Waals surface area contributed by atoms with Crippen LogP contribution in [0.15, 0.2) is 36.5 Å². The van der Waals surface area contributed by atoms with Crippen molar-refractivity contribution in [2.45, 2.75) is 13.0 Å². The number of hydrogen-bond acceptors (Lipinski definition) is 4. The third kappa shape index (κ3) is 3.62.